The van der Waals surface area contributed by atoms with Crippen LogP contribution in [-0.4, -0.2) is 20.9 Å². The quantitative estimate of drug-likeness (QED) is 0.672. The number of carbonyl (C=O) groups excluding carboxylic acids is 1. The summed E-state index contributed by atoms with van der Waals surface area (Å²) in [4.78, 5) is 25.9. The van der Waals surface area contributed by atoms with Crippen molar-refractivity contribution in [1.82, 2.24) is 20.4 Å². The largest absolute Gasteiger partial charge is 0.289 e. The van der Waals surface area contributed by atoms with Crippen LogP contribution in [0.2, 0.25) is 5.02 Å². The van der Waals surface area contributed by atoms with Crippen LogP contribution in [0.4, 0.5) is 5.82 Å². The molecule has 3 aromatic rings. The van der Waals surface area contributed by atoms with Gasteiger partial charge in [-0.1, -0.05) is 35.9 Å². The second-order valence-corrected chi connectivity index (χ2v) is 6.45. The molecule has 7 heteroatoms. The summed E-state index contributed by atoms with van der Waals surface area (Å²) in [7, 11) is 0. The van der Waals surface area contributed by atoms with Gasteiger partial charge in [-0.25, -0.2) is 15.0 Å². The van der Waals surface area contributed by atoms with Crippen molar-refractivity contribution in [2.75, 3.05) is 5.43 Å². The third-order valence-electron chi connectivity index (χ3n) is 4.10. The number of aromatic nitrogens is 3. The van der Waals surface area contributed by atoms with Gasteiger partial charge in [-0.2, -0.15) is 0 Å². The summed E-state index contributed by atoms with van der Waals surface area (Å²) in [5, 5.41) is 0.544. The van der Waals surface area contributed by atoms with Crippen LogP contribution < -0.4 is 10.9 Å². The Bertz CT molecular complexity index is 944. The maximum absolute atomic E-state index is 12.8. The first kappa shape index (κ1) is 16.5. The van der Waals surface area contributed by atoms with Gasteiger partial charge in [0.15, 0.2) is 0 Å². The van der Waals surface area contributed by atoms with E-state index < -0.39 is 0 Å². The zero-order valence-corrected chi connectivity index (χ0v) is 14.6. The number of hydrogen-bond acceptors (Lipinski definition) is 5. The van der Waals surface area contributed by atoms with E-state index in [1.807, 2.05) is 24.3 Å². The Hall–Kier alpha value is -2.99. The minimum atomic E-state index is -0.366. The summed E-state index contributed by atoms with van der Waals surface area (Å²) in [6.07, 6.45) is 5.43. The molecule has 1 fully saturated rings. The number of nitrogens with zero attached hydrogens (tertiary/aromatic N) is 3. The highest BCUT2D eigenvalue weighted by molar-refractivity contribution is 6.33. The zero-order valence-electron chi connectivity index (χ0n) is 13.8. The van der Waals surface area contributed by atoms with E-state index in [4.69, 9.17) is 11.6 Å². The van der Waals surface area contributed by atoms with E-state index in [2.05, 4.69) is 25.8 Å². The Morgan fingerprint density at radius 2 is 1.85 bits per heavy atom. The molecular formula is C19H16ClN5O. The van der Waals surface area contributed by atoms with Gasteiger partial charge in [0.05, 0.1) is 0 Å². The molecule has 26 heavy (non-hydrogen) atoms. The van der Waals surface area contributed by atoms with Gasteiger partial charge < -0.3 is 0 Å². The van der Waals surface area contributed by atoms with Crippen LogP contribution in [0.1, 0.15) is 35.1 Å². The van der Waals surface area contributed by atoms with Crippen LogP contribution in [0, 0.1) is 0 Å². The summed E-state index contributed by atoms with van der Waals surface area (Å²) >= 11 is 6.31. The number of nitrogens with one attached hydrogen (secondary N) is 2. The van der Waals surface area contributed by atoms with Gasteiger partial charge in [0.25, 0.3) is 5.91 Å². The Kier molecular flexibility index (Phi) is 4.50. The molecule has 0 atom stereocenters. The van der Waals surface area contributed by atoms with E-state index in [1.165, 1.54) is 0 Å². The van der Waals surface area contributed by atoms with E-state index in [-0.39, 0.29) is 5.91 Å². The zero-order chi connectivity index (χ0) is 17.9. The molecule has 1 amide bonds. The average molecular weight is 366 g/mol. The molecule has 1 saturated carbocycles. The number of rotatable bonds is 5. The Morgan fingerprint density at radius 3 is 2.58 bits per heavy atom. The van der Waals surface area contributed by atoms with Crippen LogP contribution in [0.15, 0.2) is 54.9 Å². The van der Waals surface area contributed by atoms with E-state index in [0.717, 1.165) is 18.4 Å². The van der Waals surface area contributed by atoms with Crippen LogP contribution in [-0.2, 0) is 0 Å². The second-order valence-electron chi connectivity index (χ2n) is 6.04. The van der Waals surface area contributed by atoms with E-state index in [1.54, 1.807) is 30.6 Å². The van der Waals surface area contributed by atoms with Crippen molar-refractivity contribution in [3.8, 4) is 11.1 Å². The van der Waals surface area contributed by atoms with Gasteiger partial charge in [-0.05, 0) is 31.0 Å². The van der Waals surface area contributed by atoms with Crippen molar-refractivity contribution in [3.63, 3.8) is 0 Å². The molecule has 2 aromatic heterocycles. The molecular weight excluding hydrogens is 350 g/mol. The molecule has 4 rings (SSSR count). The minimum absolute atomic E-state index is 0.290. The number of halogens is 1. The van der Waals surface area contributed by atoms with Gasteiger partial charge in [0, 0.05) is 34.5 Å². The molecule has 0 unspecified atom stereocenters. The number of anilines is 1. The molecule has 0 bridgehead atoms. The minimum Gasteiger partial charge on any atom is -0.282 e. The average Bonchev–Trinajstić information content (AvgIpc) is 3.52. The van der Waals surface area contributed by atoms with Gasteiger partial charge in [0.1, 0.15) is 17.3 Å². The number of amides is 1. The van der Waals surface area contributed by atoms with Crippen LogP contribution in [0.3, 0.4) is 0 Å². The Balaban J connectivity index is 1.67. The van der Waals surface area contributed by atoms with Crippen molar-refractivity contribution >= 4 is 23.3 Å². The molecule has 130 valence electrons. The lowest BCUT2D eigenvalue weighted by molar-refractivity contribution is 0.0958. The fraction of sp³-hybridized carbons (Fsp3) is 0.158. The van der Waals surface area contributed by atoms with Gasteiger partial charge in [-0.15, -0.1) is 0 Å². The number of carbonyl (C=O) groups is 1. The number of hydrazine groups is 1. The smallest absolute Gasteiger partial charge is 0.282 e. The summed E-state index contributed by atoms with van der Waals surface area (Å²) in [5.41, 5.74) is 7.05. The summed E-state index contributed by atoms with van der Waals surface area (Å²) < 4.78 is 0. The maximum atomic E-state index is 12.8. The number of benzene rings is 1. The lowest BCUT2D eigenvalue weighted by Crippen LogP contribution is -2.31. The molecule has 1 aromatic carbocycles. The second kappa shape index (κ2) is 7.09. The fourth-order valence-electron chi connectivity index (χ4n) is 2.60. The highest BCUT2D eigenvalue weighted by atomic mass is 35.5. The Morgan fingerprint density at radius 1 is 1.04 bits per heavy atom. The first-order valence-electron chi connectivity index (χ1n) is 8.31. The van der Waals surface area contributed by atoms with Crippen molar-refractivity contribution in [1.29, 1.82) is 0 Å². The topological polar surface area (TPSA) is 79.8 Å². The van der Waals surface area contributed by atoms with Crippen LogP contribution in [0.5, 0.6) is 0 Å². The summed E-state index contributed by atoms with van der Waals surface area (Å²) in [6.45, 7) is 0. The number of hydrogen-bond donors (Lipinski definition) is 2. The third-order valence-corrected chi connectivity index (χ3v) is 4.43. The Labute approximate surface area is 155 Å². The molecule has 6 nitrogen and oxygen atoms in total. The molecule has 0 spiro atoms. The lowest BCUT2D eigenvalue weighted by atomic mass is 10.0. The predicted molar refractivity (Wildman–Crippen MR) is 99.8 cm³/mol. The number of pyridine rings is 1. The molecule has 1 aliphatic rings. The highest BCUT2D eigenvalue weighted by Gasteiger charge is 2.28. The van der Waals surface area contributed by atoms with Gasteiger partial charge in [0.2, 0.25) is 0 Å². The molecule has 2 heterocycles. The molecule has 2 N–H and O–H groups in total. The lowest BCUT2D eigenvalue weighted by Gasteiger charge is -2.12. The van der Waals surface area contributed by atoms with E-state index >= 15 is 0 Å². The summed E-state index contributed by atoms with van der Waals surface area (Å²) in [5.74, 6) is 1.21. The maximum Gasteiger partial charge on any atom is 0.289 e. The first-order valence-corrected chi connectivity index (χ1v) is 8.69. The van der Waals surface area contributed by atoms with E-state index in [9.17, 15) is 4.79 Å². The fourth-order valence-corrected chi connectivity index (χ4v) is 2.84. The van der Waals surface area contributed by atoms with Gasteiger partial charge >= 0.3 is 0 Å². The monoisotopic (exact) mass is 365 g/mol. The third kappa shape index (κ3) is 3.50. The van der Waals surface area contributed by atoms with Crippen molar-refractivity contribution in [2.45, 2.75) is 18.8 Å². The summed E-state index contributed by atoms with van der Waals surface area (Å²) in [6, 6.07) is 12.7. The molecule has 0 aliphatic heterocycles. The predicted octanol–water partition coefficient (Wildman–Crippen LogP) is 3.83. The van der Waals surface area contributed by atoms with Gasteiger partial charge in [-0.3, -0.25) is 15.6 Å². The van der Waals surface area contributed by atoms with Crippen molar-refractivity contribution in [3.05, 3.63) is 71.4 Å². The van der Waals surface area contributed by atoms with Crippen molar-refractivity contribution in [2.24, 2.45) is 0 Å². The van der Waals surface area contributed by atoms with Crippen LogP contribution >= 0.6 is 11.6 Å². The first-order chi connectivity index (χ1) is 12.7. The molecule has 0 saturated heterocycles. The SMILES string of the molecule is O=C(NNc1ccccn1)c1nc(C2CC2)ncc1-c1ccccc1Cl. The van der Waals surface area contributed by atoms with Crippen LogP contribution in [0.25, 0.3) is 11.1 Å². The van der Waals surface area contributed by atoms with E-state index in [0.29, 0.717) is 33.8 Å². The highest BCUT2D eigenvalue weighted by Crippen LogP contribution is 2.39. The van der Waals surface area contributed by atoms with Crippen molar-refractivity contribution < 1.29 is 4.79 Å². The normalized spacial score (nSPS) is 13.3. The molecule has 1 aliphatic carbocycles. The standard InChI is InChI=1S/C19H16ClN5O/c20-15-6-2-1-5-13(15)14-11-22-18(12-8-9-12)23-17(14)19(26)25-24-16-7-3-4-10-21-16/h1-7,10-12H,8-9H2,(H,21,24)(H,25,26). The molecule has 0 radical (unpaired) electrons.